The molecule has 1 aliphatic carbocycles. The summed E-state index contributed by atoms with van der Waals surface area (Å²) in [4.78, 5) is 7.63. The Hall–Kier alpha value is -0.160. The predicted molar refractivity (Wildman–Crippen MR) is 137 cm³/mol. The van der Waals surface area contributed by atoms with Gasteiger partial charge in [0.1, 0.15) is 0 Å². The molecule has 7 nitrogen and oxygen atoms in total. The van der Waals surface area contributed by atoms with Crippen LogP contribution >= 0.6 is 24.0 Å². The minimum atomic E-state index is 0. The van der Waals surface area contributed by atoms with Crippen molar-refractivity contribution in [1.82, 2.24) is 15.5 Å². The summed E-state index contributed by atoms with van der Waals surface area (Å²) in [6.07, 6.45) is 8.79. The van der Waals surface area contributed by atoms with Crippen LogP contribution in [0.25, 0.3) is 0 Å². The van der Waals surface area contributed by atoms with Crippen molar-refractivity contribution in [2.75, 3.05) is 78.9 Å². The van der Waals surface area contributed by atoms with Crippen molar-refractivity contribution < 1.29 is 14.2 Å². The Morgan fingerprint density at radius 3 is 2.61 bits per heavy atom. The number of rotatable bonds is 11. The average Bonchev–Trinajstić information content (AvgIpc) is 3.29. The highest BCUT2D eigenvalue weighted by molar-refractivity contribution is 14.0. The summed E-state index contributed by atoms with van der Waals surface area (Å²) in [5.74, 6) is 1.55. The molecule has 1 saturated carbocycles. The topological polar surface area (TPSA) is 67.4 Å². The molecule has 0 aromatic rings. The molecule has 1 atom stereocenters. The molecule has 2 N–H and O–H groups in total. The molecule has 3 aliphatic rings. The molecule has 31 heavy (non-hydrogen) atoms. The lowest BCUT2D eigenvalue weighted by Gasteiger charge is -2.41. The van der Waals surface area contributed by atoms with Gasteiger partial charge in [-0.15, -0.1) is 24.0 Å². The molecule has 2 heterocycles. The van der Waals surface area contributed by atoms with Gasteiger partial charge in [0.05, 0.1) is 26.4 Å². The van der Waals surface area contributed by atoms with Crippen LogP contribution in [0.2, 0.25) is 0 Å². The minimum absolute atomic E-state index is 0. The molecule has 0 radical (unpaired) electrons. The Kier molecular flexibility index (Phi) is 13.7. The van der Waals surface area contributed by atoms with Gasteiger partial charge in [0.25, 0.3) is 0 Å². The number of nitrogens with zero attached hydrogens (tertiary/aromatic N) is 2. The standard InChI is InChI=1S/C23H44N4O3.HI/c1-2-24-22(25-10-6-13-29-17-21-7-14-30-18-21)26-19-23(8-4-3-5-9-23)20-27-11-15-28-16-12-27;/h21H,2-20H2,1H3,(H2,24,25,26);1H. The fraction of sp³-hybridized carbons (Fsp3) is 0.957. The van der Waals surface area contributed by atoms with Crippen molar-refractivity contribution in [2.45, 2.75) is 51.9 Å². The van der Waals surface area contributed by atoms with Crippen LogP contribution < -0.4 is 10.6 Å². The number of hydrogen-bond acceptors (Lipinski definition) is 5. The Balaban J connectivity index is 0.00000341. The molecule has 0 amide bonds. The highest BCUT2D eigenvalue weighted by Crippen LogP contribution is 2.37. The van der Waals surface area contributed by atoms with E-state index >= 15 is 0 Å². The fourth-order valence-corrected chi connectivity index (χ4v) is 4.84. The van der Waals surface area contributed by atoms with E-state index in [0.29, 0.717) is 11.3 Å². The van der Waals surface area contributed by atoms with Gasteiger partial charge >= 0.3 is 0 Å². The summed E-state index contributed by atoms with van der Waals surface area (Å²) < 4.78 is 16.8. The number of hydrogen-bond donors (Lipinski definition) is 2. The van der Waals surface area contributed by atoms with Gasteiger partial charge in [-0.2, -0.15) is 0 Å². The van der Waals surface area contributed by atoms with Gasteiger partial charge in [-0.25, -0.2) is 0 Å². The van der Waals surface area contributed by atoms with Crippen LogP contribution in [-0.4, -0.2) is 89.8 Å². The first-order chi connectivity index (χ1) is 14.8. The van der Waals surface area contributed by atoms with Crippen molar-refractivity contribution in [3.8, 4) is 0 Å². The van der Waals surface area contributed by atoms with E-state index in [0.717, 1.165) is 97.7 Å². The first kappa shape index (κ1) is 27.1. The molecule has 2 saturated heterocycles. The van der Waals surface area contributed by atoms with Crippen molar-refractivity contribution in [3.05, 3.63) is 0 Å². The largest absolute Gasteiger partial charge is 0.381 e. The first-order valence-electron chi connectivity index (χ1n) is 12.3. The summed E-state index contributed by atoms with van der Waals surface area (Å²) >= 11 is 0. The third-order valence-corrected chi connectivity index (χ3v) is 6.63. The zero-order valence-electron chi connectivity index (χ0n) is 19.5. The first-order valence-corrected chi connectivity index (χ1v) is 12.3. The normalized spacial score (nSPS) is 24.5. The monoisotopic (exact) mass is 552 g/mol. The summed E-state index contributed by atoms with van der Waals surface area (Å²) in [6, 6.07) is 0. The number of guanidine groups is 1. The summed E-state index contributed by atoms with van der Waals surface area (Å²) in [5.41, 5.74) is 0.324. The van der Waals surface area contributed by atoms with E-state index in [9.17, 15) is 0 Å². The summed E-state index contributed by atoms with van der Waals surface area (Å²) in [5, 5.41) is 6.94. The molecule has 0 aromatic carbocycles. The molecule has 3 rings (SSSR count). The van der Waals surface area contributed by atoms with E-state index in [2.05, 4.69) is 22.5 Å². The lowest BCUT2D eigenvalue weighted by molar-refractivity contribution is 0.00937. The molecule has 1 unspecified atom stereocenters. The molecule has 182 valence electrons. The SMILES string of the molecule is CCNC(=NCC1(CN2CCOCC2)CCCCC1)NCCCOCC1CCOC1.I. The number of aliphatic imine (C=N–C) groups is 1. The number of morpholine rings is 1. The van der Waals surface area contributed by atoms with Crippen molar-refractivity contribution in [1.29, 1.82) is 0 Å². The lowest BCUT2D eigenvalue weighted by Crippen LogP contribution is -2.46. The van der Waals surface area contributed by atoms with E-state index in [1.54, 1.807) is 0 Å². The molecular formula is C23H45IN4O3. The molecule has 2 aliphatic heterocycles. The second-order valence-corrected chi connectivity index (χ2v) is 9.23. The predicted octanol–water partition coefficient (Wildman–Crippen LogP) is 2.89. The van der Waals surface area contributed by atoms with E-state index in [4.69, 9.17) is 19.2 Å². The van der Waals surface area contributed by atoms with Gasteiger partial charge in [0, 0.05) is 63.8 Å². The average molecular weight is 553 g/mol. The van der Waals surface area contributed by atoms with Gasteiger partial charge < -0.3 is 24.8 Å². The maximum Gasteiger partial charge on any atom is 0.191 e. The smallest absolute Gasteiger partial charge is 0.191 e. The van der Waals surface area contributed by atoms with Crippen LogP contribution in [0, 0.1) is 11.3 Å². The Labute approximate surface area is 206 Å². The minimum Gasteiger partial charge on any atom is -0.381 e. The van der Waals surface area contributed by atoms with E-state index in [1.807, 2.05) is 0 Å². The Morgan fingerprint density at radius 2 is 1.90 bits per heavy atom. The summed E-state index contributed by atoms with van der Waals surface area (Å²) in [6.45, 7) is 13.3. The second kappa shape index (κ2) is 15.6. The van der Waals surface area contributed by atoms with Crippen LogP contribution in [0.3, 0.4) is 0 Å². The van der Waals surface area contributed by atoms with Crippen molar-refractivity contribution in [3.63, 3.8) is 0 Å². The number of nitrogens with one attached hydrogen (secondary N) is 2. The summed E-state index contributed by atoms with van der Waals surface area (Å²) in [7, 11) is 0. The molecule has 0 bridgehead atoms. The quantitative estimate of drug-likeness (QED) is 0.178. The van der Waals surface area contributed by atoms with E-state index < -0.39 is 0 Å². The molecular weight excluding hydrogens is 507 g/mol. The van der Waals surface area contributed by atoms with Gasteiger partial charge in [-0.1, -0.05) is 19.3 Å². The van der Waals surface area contributed by atoms with Gasteiger partial charge in [-0.3, -0.25) is 9.89 Å². The second-order valence-electron chi connectivity index (χ2n) is 9.23. The fourth-order valence-electron chi connectivity index (χ4n) is 4.84. The Morgan fingerprint density at radius 1 is 1.10 bits per heavy atom. The van der Waals surface area contributed by atoms with Crippen LogP contribution in [0.5, 0.6) is 0 Å². The molecule has 3 fully saturated rings. The van der Waals surface area contributed by atoms with E-state index in [-0.39, 0.29) is 24.0 Å². The third kappa shape index (κ3) is 10.1. The zero-order valence-corrected chi connectivity index (χ0v) is 21.9. The van der Waals surface area contributed by atoms with Crippen molar-refractivity contribution >= 4 is 29.9 Å². The number of halogens is 1. The van der Waals surface area contributed by atoms with Crippen LogP contribution in [0.1, 0.15) is 51.9 Å². The third-order valence-electron chi connectivity index (χ3n) is 6.63. The highest BCUT2D eigenvalue weighted by atomic mass is 127. The number of ether oxygens (including phenoxy) is 3. The van der Waals surface area contributed by atoms with Gasteiger partial charge in [-0.05, 0) is 32.6 Å². The maximum absolute atomic E-state index is 5.82. The highest BCUT2D eigenvalue weighted by Gasteiger charge is 2.34. The van der Waals surface area contributed by atoms with E-state index in [1.165, 1.54) is 32.1 Å². The molecule has 8 heteroatoms. The Bertz CT molecular complexity index is 491. The van der Waals surface area contributed by atoms with Crippen LogP contribution in [0.15, 0.2) is 4.99 Å². The molecule has 0 spiro atoms. The molecule has 0 aromatic heterocycles. The lowest BCUT2D eigenvalue weighted by atomic mass is 9.73. The van der Waals surface area contributed by atoms with Crippen LogP contribution in [0.4, 0.5) is 0 Å². The van der Waals surface area contributed by atoms with Gasteiger partial charge in [0.2, 0.25) is 0 Å². The zero-order chi connectivity index (χ0) is 20.9. The van der Waals surface area contributed by atoms with Gasteiger partial charge in [0.15, 0.2) is 5.96 Å². The van der Waals surface area contributed by atoms with Crippen LogP contribution in [-0.2, 0) is 14.2 Å². The maximum atomic E-state index is 5.82. The van der Waals surface area contributed by atoms with Crippen molar-refractivity contribution in [2.24, 2.45) is 16.3 Å².